The van der Waals surface area contributed by atoms with Crippen molar-refractivity contribution in [3.05, 3.63) is 83.2 Å². The predicted molar refractivity (Wildman–Crippen MR) is 118 cm³/mol. The van der Waals surface area contributed by atoms with Crippen LogP contribution in [0.5, 0.6) is 0 Å². The molecule has 3 aromatic rings. The van der Waals surface area contributed by atoms with Crippen molar-refractivity contribution in [3.8, 4) is 5.69 Å². The zero-order chi connectivity index (χ0) is 19.3. The highest BCUT2D eigenvalue weighted by atomic mass is 35.5. The number of amides is 1. The molecule has 0 bridgehead atoms. The van der Waals surface area contributed by atoms with Gasteiger partial charge >= 0.3 is 0 Å². The molecule has 1 heterocycles. The van der Waals surface area contributed by atoms with Gasteiger partial charge in [0.05, 0.1) is 5.69 Å². The molecule has 0 unspecified atom stereocenters. The highest BCUT2D eigenvalue weighted by Gasteiger charge is 2.29. The fourth-order valence-electron chi connectivity index (χ4n) is 3.92. The fraction of sp³-hybridized carbons (Fsp3) is 0.304. The van der Waals surface area contributed by atoms with E-state index in [1.54, 1.807) is 0 Å². The SMILES string of the molecule is Cl.NCCN(CCc1ccccc1)C(=O)c1nn(-c2ccccc2)c2c1CCC2. The van der Waals surface area contributed by atoms with Crippen molar-refractivity contribution >= 4 is 18.3 Å². The smallest absolute Gasteiger partial charge is 0.274 e. The van der Waals surface area contributed by atoms with Gasteiger partial charge in [-0.3, -0.25) is 4.79 Å². The van der Waals surface area contributed by atoms with Crippen LogP contribution in [-0.2, 0) is 19.3 Å². The van der Waals surface area contributed by atoms with E-state index in [0.717, 1.165) is 36.9 Å². The first-order valence-electron chi connectivity index (χ1n) is 9.97. The van der Waals surface area contributed by atoms with Crippen LogP contribution < -0.4 is 5.73 Å². The van der Waals surface area contributed by atoms with Gasteiger partial charge in [-0.1, -0.05) is 48.5 Å². The summed E-state index contributed by atoms with van der Waals surface area (Å²) in [7, 11) is 0. The van der Waals surface area contributed by atoms with Gasteiger partial charge in [0.25, 0.3) is 5.91 Å². The molecule has 0 fully saturated rings. The molecule has 152 valence electrons. The highest BCUT2D eigenvalue weighted by Crippen LogP contribution is 2.28. The summed E-state index contributed by atoms with van der Waals surface area (Å²) in [5.41, 5.74) is 10.9. The first-order valence-corrected chi connectivity index (χ1v) is 9.97. The Balaban J connectivity index is 0.00000240. The Morgan fingerprint density at radius 2 is 1.69 bits per heavy atom. The van der Waals surface area contributed by atoms with E-state index in [2.05, 4.69) is 12.1 Å². The van der Waals surface area contributed by atoms with Gasteiger partial charge in [-0.25, -0.2) is 4.68 Å². The van der Waals surface area contributed by atoms with Crippen LogP contribution in [0.1, 0.15) is 33.7 Å². The number of halogens is 1. The minimum atomic E-state index is -0.00536. The van der Waals surface area contributed by atoms with E-state index in [1.165, 1.54) is 11.3 Å². The van der Waals surface area contributed by atoms with Gasteiger partial charge in [0.2, 0.25) is 0 Å². The van der Waals surface area contributed by atoms with Gasteiger partial charge in [-0.05, 0) is 43.4 Å². The number of hydrogen-bond acceptors (Lipinski definition) is 3. The van der Waals surface area contributed by atoms with Gasteiger partial charge in [0, 0.05) is 30.9 Å². The monoisotopic (exact) mass is 410 g/mol. The molecule has 0 aliphatic heterocycles. The molecule has 6 heteroatoms. The van der Waals surface area contributed by atoms with Gasteiger partial charge in [-0.15, -0.1) is 12.4 Å². The normalized spacial score (nSPS) is 12.3. The Labute approximate surface area is 177 Å². The van der Waals surface area contributed by atoms with E-state index in [9.17, 15) is 4.79 Å². The summed E-state index contributed by atoms with van der Waals surface area (Å²) in [5.74, 6) is -0.00536. The molecule has 1 aliphatic carbocycles. The largest absolute Gasteiger partial charge is 0.336 e. The number of rotatable bonds is 7. The Bertz CT molecular complexity index is 940. The lowest BCUT2D eigenvalue weighted by Crippen LogP contribution is -2.37. The zero-order valence-corrected chi connectivity index (χ0v) is 17.3. The maximum Gasteiger partial charge on any atom is 0.274 e. The third kappa shape index (κ3) is 4.52. The number of fused-ring (bicyclic) bond motifs is 1. The molecule has 2 N–H and O–H groups in total. The van der Waals surface area contributed by atoms with Crippen LogP contribution in [0.2, 0.25) is 0 Å². The van der Waals surface area contributed by atoms with Crippen molar-refractivity contribution in [3.63, 3.8) is 0 Å². The molecule has 0 saturated carbocycles. The van der Waals surface area contributed by atoms with Crippen LogP contribution in [0.15, 0.2) is 60.7 Å². The van der Waals surface area contributed by atoms with Crippen LogP contribution in [0.3, 0.4) is 0 Å². The number of benzene rings is 2. The number of hydrogen-bond donors (Lipinski definition) is 1. The number of aromatic nitrogens is 2. The van der Waals surface area contributed by atoms with Crippen molar-refractivity contribution < 1.29 is 4.79 Å². The quantitative estimate of drug-likeness (QED) is 0.649. The highest BCUT2D eigenvalue weighted by molar-refractivity contribution is 5.94. The molecular formula is C23H27ClN4O. The number of nitrogens with zero attached hydrogens (tertiary/aromatic N) is 3. The summed E-state index contributed by atoms with van der Waals surface area (Å²) in [6.45, 7) is 1.63. The van der Waals surface area contributed by atoms with Crippen LogP contribution in [0.4, 0.5) is 0 Å². The number of carbonyl (C=O) groups excluding carboxylic acids is 1. The Morgan fingerprint density at radius 1 is 1.00 bits per heavy atom. The summed E-state index contributed by atoms with van der Waals surface area (Å²) in [4.78, 5) is 15.2. The lowest BCUT2D eigenvalue weighted by molar-refractivity contribution is 0.0754. The minimum Gasteiger partial charge on any atom is -0.336 e. The molecule has 2 aromatic carbocycles. The van der Waals surface area contributed by atoms with Crippen molar-refractivity contribution in [1.82, 2.24) is 14.7 Å². The molecule has 0 radical (unpaired) electrons. The molecule has 29 heavy (non-hydrogen) atoms. The summed E-state index contributed by atoms with van der Waals surface area (Å²) >= 11 is 0. The van der Waals surface area contributed by atoms with E-state index >= 15 is 0 Å². The Hall–Kier alpha value is -2.63. The first kappa shape index (κ1) is 21.1. The number of carbonyl (C=O) groups is 1. The zero-order valence-electron chi connectivity index (χ0n) is 16.5. The van der Waals surface area contributed by atoms with Crippen LogP contribution in [-0.4, -0.2) is 40.2 Å². The standard InChI is InChI=1S/C23H26N4O.ClH/c24-15-17-26(16-14-18-8-3-1-4-9-18)23(28)22-20-12-7-13-21(20)27(25-22)19-10-5-2-6-11-19;/h1-6,8-11H,7,12-17,24H2;1H. The first-order chi connectivity index (χ1) is 13.8. The summed E-state index contributed by atoms with van der Waals surface area (Å²) in [6.07, 6.45) is 3.76. The summed E-state index contributed by atoms with van der Waals surface area (Å²) in [5, 5.41) is 4.74. The van der Waals surface area contributed by atoms with Crippen molar-refractivity contribution in [2.24, 2.45) is 5.73 Å². The second-order valence-electron chi connectivity index (χ2n) is 7.19. The maximum atomic E-state index is 13.4. The van der Waals surface area contributed by atoms with Gasteiger partial charge < -0.3 is 10.6 Å². The van der Waals surface area contributed by atoms with Gasteiger partial charge in [0.1, 0.15) is 0 Å². The maximum absolute atomic E-state index is 13.4. The van der Waals surface area contributed by atoms with Crippen molar-refractivity contribution in [2.75, 3.05) is 19.6 Å². The Kier molecular flexibility index (Phi) is 7.07. The van der Waals surface area contributed by atoms with Crippen LogP contribution >= 0.6 is 12.4 Å². The second kappa shape index (κ2) is 9.72. The van der Waals surface area contributed by atoms with Gasteiger partial charge in [0.15, 0.2) is 5.69 Å². The lowest BCUT2D eigenvalue weighted by Gasteiger charge is -2.21. The second-order valence-corrected chi connectivity index (χ2v) is 7.19. The molecule has 1 aliphatic rings. The third-order valence-electron chi connectivity index (χ3n) is 5.33. The molecule has 0 atom stereocenters. The fourth-order valence-corrected chi connectivity index (χ4v) is 3.92. The predicted octanol–water partition coefficient (Wildman–Crippen LogP) is 3.43. The molecule has 1 aromatic heterocycles. The lowest BCUT2D eigenvalue weighted by atomic mass is 10.1. The van der Waals surface area contributed by atoms with Crippen molar-refractivity contribution in [1.29, 1.82) is 0 Å². The van der Waals surface area contributed by atoms with E-state index in [4.69, 9.17) is 10.8 Å². The third-order valence-corrected chi connectivity index (χ3v) is 5.33. The van der Waals surface area contributed by atoms with Crippen molar-refractivity contribution in [2.45, 2.75) is 25.7 Å². The van der Waals surface area contributed by atoms with E-state index in [1.807, 2.05) is 58.1 Å². The van der Waals surface area contributed by atoms with E-state index < -0.39 is 0 Å². The van der Waals surface area contributed by atoms with Crippen LogP contribution in [0, 0.1) is 0 Å². The molecule has 0 spiro atoms. The average Bonchev–Trinajstić information content (AvgIpc) is 3.35. The molecule has 4 rings (SSSR count). The molecule has 5 nitrogen and oxygen atoms in total. The average molecular weight is 411 g/mol. The summed E-state index contributed by atoms with van der Waals surface area (Å²) in [6, 6.07) is 20.3. The number of nitrogens with two attached hydrogens (primary N) is 1. The van der Waals surface area contributed by atoms with Gasteiger partial charge in [-0.2, -0.15) is 5.10 Å². The molecule has 0 saturated heterocycles. The van der Waals surface area contributed by atoms with E-state index in [0.29, 0.717) is 25.3 Å². The molecular weight excluding hydrogens is 384 g/mol. The summed E-state index contributed by atoms with van der Waals surface area (Å²) < 4.78 is 1.95. The van der Waals surface area contributed by atoms with Crippen LogP contribution in [0.25, 0.3) is 5.69 Å². The topological polar surface area (TPSA) is 64.2 Å². The van der Waals surface area contributed by atoms with E-state index in [-0.39, 0.29) is 18.3 Å². The number of para-hydroxylation sites is 1. The Morgan fingerprint density at radius 3 is 2.38 bits per heavy atom. The molecule has 1 amide bonds. The minimum absolute atomic E-state index is 0.